The predicted molar refractivity (Wildman–Crippen MR) is 74.2 cm³/mol. The molecule has 1 fully saturated rings. The number of carbonyl (C=O) groups is 1. The highest BCUT2D eigenvalue weighted by molar-refractivity contribution is 6.32. The van der Waals surface area contributed by atoms with Crippen molar-refractivity contribution in [3.05, 3.63) is 23.2 Å². The van der Waals surface area contributed by atoms with Gasteiger partial charge in [-0.15, -0.1) is 6.42 Å². The van der Waals surface area contributed by atoms with Gasteiger partial charge in [0.2, 0.25) is 0 Å². The number of terminal acetylenes is 1. The fourth-order valence-electron chi connectivity index (χ4n) is 1.69. The van der Waals surface area contributed by atoms with Crippen LogP contribution in [0.1, 0.15) is 0 Å². The van der Waals surface area contributed by atoms with Crippen molar-refractivity contribution in [2.24, 2.45) is 0 Å². The van der Waals surface area contributed by atoms with Crippen molar-refractivity contribution >= 4 is 17.7 Å². The van der Waals surface area contributed by atoms with Crippen molar-refractivity contribution in [1.82, 2.24) is 4.90 Å². The molecule has 1 heterocycles. The van der Waals surface area contributed by atoms with E-state index < -0.39 is 6.09 Å². The van der Waals surface area contributed by atoms with Crippen molar-refractivity contribution in [2.75, 3.05) is 32.9 Å². The van der Waals surface area contributed by atoms with Crippen LogP contribution < -0.4 is 9.47 Å². The molecule has 1 aliphatic rings. The number of carbonyl (C=O) groups excluding carboxylic acids is 1. The molecule has 20 heavy (non-hydrogen) atoms. The Labute approximate surface area is 122 Å². The Morgan fingerprint density at radius 3 is 2.90 bits per heavy atom. The van der Waals surface area contributed by atoms with E-state index in [1.54, 1.807) is 17.0 Å². The molecule has 0 spiro atoms. The second kappa shape index (κ2) is 7.04. The van der Waals surface area contributed by atoms with Crippen LogP contribution in [0.25, 0.3) is 0 Å². The maximum atomic E-state index is 11.9. The molecule has 5 nitrogen and oxygen atoms in total. The zero-order chi connectivity index (χ0) is 14.4. The summed E-state index contributed by atoms with van der Waals surface area (Å²) < 4.78 is 15.7. The predicted octanol–water partition coefficient (Wildman–Crippen LogP) is 2.18. The normalized spacial score (nSPS) is 14.5. The summed E-state index contributed by atoms with van der Waals surface area (Å²) in [6.07, 6.45) is 4.70. The quantitative estimate of drug-likeness (QED) is 0.802. The van der Waals surface area contributed by atoms with Crippen LogP contribution in [-0.2, 0) is 4.74 Å². The van der Waals surface area contributed by atoms with Gasteiger partial charge in [0.15, 0.2) is 0 Å². The van der Waals surface area contributed by atoms with Crippen LogP contribution in [0.3, 0.4) is 0 Å². The summed E-state index contributed by atoms with van der Waals surface area (Å²) in [6, 6.07) is 4.73. The lowest BCUT2D eigenvalue weighted by atomic mass is 10.3. The van der Waals surface area contributed by atoms with E-state index in [1.165, 1.54) is 6.07 Å². The van der Waals surface area contributed by atoms with Crippen LogP contribution in [0, 0.1) is 12.3 Å². The van der Waals surface area contributed by atoms with Crippen LogP contribution in [0.2, 0.25) is 5.02 Å². The van der Waals surface area contributed by atoms with Crippen molar-refractivity contribution in [2.45, 2.75) is 0 Å². The first-order valence-corrected chi connectivity index (χ1v) is 6.49. The minimum absolute atomic E-state index is 0.0978. The number of morpholine rings is 1. The second-order valence-electron chi connectivity index (χ2n) is 4.05. The Morgan fingerprint density at radius 1 is 1.45 bits per heavy atom. The average molecular weight is 296 g/mol. The summed E-state index contributed by atoms with van der Waals surface area (Å²) >= 11 is 5.96. The highest BCUT2D eigenvalue weighted by atomic mass is 35.5. The fraction of sp³-hybridized carbons (Fsp3) is 0.357. The van der Waals surface area contributed by atoms with Gasteiger partial charge in [0, 0.05) is 19.2 Å². The summed E-state index contributed by atoms with van der Waals surface area (Å²) in [6.45, 7) is 2.18. The van der Waals surface area contributed by atoms with E-state index in [0.717, 1.165) is 0 Å². The molecule has 1 saturated heterocycles. The molecule has 2 rings (SSSR count). The Kier molecular flexibility index (Phi) is 5.10. The van der Waals surface area contributed by atoms with Gasteiger partial charge in [0.25, 0.3) is 0 Å². The van der Waals surface area contributed by atoms with E-state index in [2.05, 4.69) is 5.92 Å². The van der Waals surface area contributed by atoms with E-state index in [1.807, 2.05) is 0 Å². The van der Waals surface area contributed by atoms with Crippen molar-refractivity contribution in [3.63, 3.8) is 0 Å². The van der Waals surface area contributed by atoms with Gasteiger partial charge >= 0.3 is 6.09 Å². The first-order chi connectivity index (χ1) is 9.70. The highest BCUT2D eigenvalue weighted by Crippen LogP contribution is 2.29. The summed E-state index contributed by atoms with van der Waals surface area (Å²) in [7, 11) is 0. The van der Waals surface area contributed by atoms with Gasteiger partial charge < -0.3 is 19.1 Å². The molecule has 1 aromatic rings. The summed E-state index contributed by atoms with van der Waals surface area (Å²) in [5.74, 6) is 3.09. The maximum absolute atomic E-state index is 11.9. The van der Waals surface area contributed by atoms with Crippen molar-refractivity contribution in [3.8, 4) is 23.8 Å². The van der Waals surface area contributed by atoms with E-state index in [4.69, 9.17) is 32.2 Å². The summed E-state index contributed by atoms with van der Waals surface area (Å²) in [4.78, 5) is 13.5. The second-order valence-corrected chi connectivity index (χ2v) is 4.46. The Balaban J connectivity index is 2.01. The van der Waals surface area contributed by atoms with E-state index in [-0.39, 0.29) is 6.61 Å². The zero-order valence-electron chi connectivity index (χ0n) is 10.8. The first kappa shape index (κ1) is 14.5. The molecule has 0 saturated carbocycles. The zero-order valence-corrected chi connectivity index (χ0v) is 11.6. The van der Waals surface area contributed by atoms with Crippen LogP contribution in [0.4, 0.5) is 4.79 Å². The largest absolute Gasteiger partial charge is 0.479 e. The molecule has 0 bridgehead atoms. The van der Waals surface area contributed by atoms with Gasteiger partial charge in [0.05, 0.1) is 18.2 Å². The highest BCUT2D eigenvalue weighted by Gasteiger charge is 2.19. The van der Waals surface area contributed by atoms with Crippen LogP contribution >= 0.6 is 11.6 Å². The number of halogens is 1. The molecule has 106 valence electrons. The fourth-order valence-corrected chi connectivity index (χ4v) is 1.86. The Morgan fingerprint density at radius 2 is 2.20 bits per heavy atom. The average Bonchev–Trinajstić information content (AvgIpc) is 2.48. The molecule has 0 aromatic heterocycles. The molecule has 0 atom stereocenters. The lowest BCUT2D eigenvalue weighted by Crippen LogP contribution is -2.42. The molecule has 0 unspecified atom stereocenters. The third kappa shape index (κ3) is 3.80. The molecule has 6 heteroatoms. The Hall–Kier alpha value is -1.90. The van der Waals surface area contributed by atoms with Crippen molar-refractivity contribution in [1.29, 1.82) is 0 Å². The molecule has 0 N–H and O–H groups in total. The van der Waals surface area contributed by atoms with Crippen molar-refractivity contribution < 1.29 is 19.0 Å². The number of rotatable bonds is 3. The monoisotopic (exact) mass is 295 g/mol. The minimum Gasteiger partial charge on any atom is -0.479 e. The van der Waals surface area contributed by atoms with Gasteiger partial charge in [-0.2, -0.15) is 0 Å². The summed E-state index contributed by atoms with van der Waals surface area (Å²) in [5.41, 5.74) is 0. The van der Waals surface area contributed by atoms with E-state index >= 15 is 0 Å². The molecular formula is C14H14ClNO4. The number of amides is 1. The summed E-state index contributed by atoms with van der Waals surface area (Å²) in [5, 5.41) is 0.409. The molecule has 1 aromatic carbocycles. The third-order valence-electron chi connectivity index (χ3n) is 2.69. The number of ether oxygens (including phenoxy) is 3. The van der Waals surface area contributed by atoms with Gasteiger partial charge in [-0.25, -0.2) is 4.79 Å². The van der Waals surface area contributed by atoms with Crippen LogP contribution in [0.5, 0.6) is 11.5 Å². The van der Waals surface area contributed by atoms with Gasteiger partial charge in [-0.3, -0.25) is 0 Å². The van der Waals surface area contributed by atoms with Crippen LogP contribution in [-0.4, -0.2) is 43.9 Å². The smallest absolute Gasteiger partial charge is 0.415 e. The number of nitrogens with zero attached hydrogens (tertiary/aromatic N) is 1. The van der Waals surface area contributed by atoms with Crippen LogP contribution in [0.15, 0.2) is 18.2 Å². The standard InChI is InChI=1S/C14H14ClNO4/c1-2-7-19-13-10-11(3-4-12(13)15)20-14(17)16-5-8-18-9-6-16/h1,3-4,10H,5-9H2. The number of benzene rings is 1. The maximum Gasteiger partial charge on any atom is 0.415 e. The minimum atomic E-state index is -0.418. The van der Waals surface area contributed by atoms with Gasteiger partial charge in [-0.05, 0) is 12.1 Å². The SMILES string of the molecule is C#CCOc1cc(OC(=O)N2CCOCC2)ccc1Cl. The first-order valence-electron chi connectivity index (χ1n) is 6.11. The molecule has 1 amide bonds. The molecule has 0 radical (unpaired) electrons. The van der Waals surface area contributed by atoms with E-state index in [0.29, 0.717) is 42.8 Å². The molecule has 1 aliphatic heterocycles. The topological polar surface area (TPSA) is 48.0 Å². The number of hydrogen-bond donors (Lipinski definition) is 0. The number of hydrogen-bond acceptors (Lipinski definition) is 4. The molecule has 0 aliphatic carbocycles. The van der Waals surface area contributed by atoms with E-state index in [9.17, 15) is 4.79 Å². The van der Waals surface area contributed by atoms with Gasteiger partial charge in [-0.1, -0.05) is 17.5 Å². The third-order valence-corrected chi connectivity index (χ3v) is 3.00. The Bertz CT molecular complexity index is 520. The van der Waals surface area contributed by atoms with Gasteiger partial charge in [0.1, 0.15) is 18.1 Å². The molecular weight excluding hydrogens is 282 g/mol. The lowest BCUT2D eigenvalue weighted by molar-refractivity contribution is 0.0416. The lowest BCUT2D eigenvalue weighted by Gasteiger charge is -2.25.